The van der Waals surface area contributed by atoms with E-state index in [9.17, 15) is 0 Å². The van der Waals surface area contributed by atoms with Crippen LogP contribution in [-0.4, -0.2) is 16.8 Å². The first-order valence-corrected chi connectivity index (χ1v) is 6.32. The van der Waals surface area contributed by atoms with Crippen LogP contribution >= 0.6 is 11.3 Å². The molecule has 0 aliphatic rings. The molecular formula is C12H17N3S. The highest BCUT2D eigenvalue weighted by molar-refractivity contribution is 7.15. The van der Waals surface area contributed by atoms with Crippen LogP contribution in [0, 0.1) is 0 Å². The van der Waals surface area contributed by atoms with Crippen molar-refractivity contribution in [3.63, 3.8) is 0 Å². The van der Waals surface area contributed by atoms with Gasteiger partial charge >= 0.3 is 0 Å². The van der Waals surface area contributed by atoms with Crippen LogP contribution in [0.3, 0.4) is 0 Å². The number of nitrogens with zero attached hydrogens (tertiary/aromatic N) is 2. The number of aryl methyl sites for hydroxylation is 1. The molecule has 2 aromatic heterocycles. The maximum Gasteiger partial charge on any atom is 0.0576 e. The number of hydrogen-bond acceptors (Lipinski definition) is 3. The van der Waals surface area contributed by atoms with Gasteiger partial charge in [-0.15, -0.1) is 11.3 Å². The summed E-state index contributed by atoms with van der Waals surface area (Å²) in [5.41, 5.74) is 1.20. The maximum atomic E-state index is 4.20. The molecule has 4 heteroatoms. The predicted molar refractivity (Wildman–Crippen MR) is 68.6 cm³/mol. The van der Waals surface area contributed by atoms with Crippen molar-refractivity contribution < 1.29 is 0 Å². The van der Waals surface area contributed by atoms with Crippen molar-refractivity contribution in [3.8, 4) is 10.4 Å². The third kappa shape index (κ3) is 2.18. The molecule has 2 aromatic rings. The summed E-state index contributed by atoms with van der Waals surface area (Å²) in [5, 5.41) is 7.52. The largest absolute Gasteiger partial charge is 0.312 e. The van der Waals surface area contributed by atoms with E-state index in [0.717, 1.165) is 6.42 Å². The summed E-state index contributed by atoms with van der Waals surface area (Å²) in [5.74, 6) is 0. The van der Waals surface area contributed by atoms with Crippen LogP contribution in [0.25, 0.3) is 10.4 Å². The van der Waals surface area contributed by atoms with Gasteiger partial charge in [0.25, 0.3) is 0 Å². The molecule has 2 rings (SSSR count). The average Bonchev–Trinajstić information content (AvgIpc) is 2.89. The van der Waals surface area contributed by atoms with E-state index in [1.54, 1.807) is 0 Å². The molecule has 0 bridgehead atoms. The van der Waals surface area contributed by atoms with Crippen molar-refractivity contribution in [2.75, 3.05) is 7.05 Å². The van der Waals surface area contributed by atoms with Gasteiger partial charge in [0.15, 0.2) is 0 Å². The molecule has 0 amide bonds. The monoisotopic (exact) mass is 235 g/mol. The molecule has 1 atom stereocenters. The molecular weight excluding hydrogens is 218 g/mol. The van der Waals surface area contributed by atoms with E-state index in [2.05, 4.69) is 35.7 Å². The number of thiophene rings is 1. The Kier molecular flexibility index (Phi) is 3.41. The smallest absolute Gasteiger partial charge is 0.0576 e. The molecule has 0 radical (unpaired) electrons. The molecule has 0 saturated heterocycles. The van der Waals surface area contributed by atoms with Crippen molar-refractivity contribution in [1.29, 1.82) is 0 Å². The highest BCUT2D eigenvalue weighted by atomic mass is 32.1. The van der Waals surface area contributed by atoms with Gasteiger partial charge in [-0.25, -0.2) is 0 Å². The lowest BCUT2D eigenvalue weighted by Gasteiger charge is -2.10. The minimum Gasteiger partial charge on any atom is -0.312 e. The van der Waals surface area contributed by atoms with Gasteiger partial charge in [0.1, 0.15) is 0 Å². The molecule has 3 nitrogen and oxygen atoms in total. The van der Waals surface area contributed by atoms with Gasteiger partial charge in [0.05, 0.1) is 6.20 Å². The van der Waals surface area contributed by atoms with E-state index in [0.29, 0.717) is 6.04 Å². The van der Waals surface area contributed by atoms with Crippen molar-refractivity contribution in [2.24, 2.45) is 7.05 Å². The van der Waals surface area contributed by atoms with E-state index >= 15 is 0 Å². The third-order valence-corrected chi connectivity index (χ3v) is 3.96. The second-order valence-corrected chi connectivity index (χ2v) is 4.97. The summed E-state index contributed by atoms with van der Waals surface area (Å²) in [6.45, 7) is 2.20. The Morgan fingerprint density at radius 1 is 1.50 bits per heavy atom. The Morgan fingerprint density at radius 2 is 2.31 bits per heavy atom. The van der Waals surface area contributed by atoms with Crippen LogP contribution in [0.5, 0.6) is 0 Å². The van der Waals surface area contributed by atoms with Gasteiger partial charge in [0.2, 0.25) is 0 Å². The fraction of sp³-hybridized carbons (Fsp3) is 0.417. The molecule has 0 spiro atoms. The lowest BCUT2D eigenvalue weighted by atomic mass is 10.2. The van der Waals surface area contributed by atoms with Gasteiger partial charge < -0.3 is 5.32 Å². The highest BCUT2D eigenvalue weighted by Gasteiger charge is 2.11. The lowest BCUT2D eigenvalue weighted by molar-refractivity contribution is 0.586. The number of hydrogen-bond donors (Lipinski definition) is 1. The van der Waals surface area contributed by atoms with Crippen LogP contribution in [0.1, 0.15) is 24.3 Å². The normalized spacial score (nSPS) is 12.9. The van der Waals surface area contributed by atoms with Crippen molar-refractivity contribution in [3.05, 3.63) is 29.4 Å². The maximum absolute atomic E-state index is 4.20. The first kappa shape index (κ1) is 11.4. The topological polar surface area (TPSA) is 29.9 Å². The van der Waals surface area contributed by atoms with Crippen LogP contribution in [-0.2, 0) is 7.05 Å². The second kappa shape index (κ2) is 4.80. The molecule has 2 heterocycles. The Hall–Kier alpha value is -1.13. The zero-order valence-corrected chi connectivity index (χ0v) is 10.7. The van der Waals surface area contributed by atoms with Gasteiger partial charge in [-0.05, 0) is 25.6 Å². The first-order chi connectivity index (χ1) is 7.74. The third-order valence-electron chi connectivity index (χ3n) is 2.72. The number of aromatic nitrogens is 2. The summed E-state index contributed by atoms with van der Waals surface area (Å²) in [6, 6.07) is 4.85. The minimum atomic E-state index is 0.468. The molecule has 1 unspecified atom stereocenters. The first-order valence-electron chi connectivity index (χ1n) is 5.50. The minimum absolute atomic E-state index is 0.468. The highest BCUT2D eigenvalue weighted by Crippen LogP contribution is 2.31. The van der Waals surface area contributed by atoms with Crippen LogP contribution in [0.2, 0.25) is 0 Å². The molecule has 0 fully saturated rings. The van der Waals surface area contributed by atoms with Gasteiger partial charge in [-0.1, -0.05) is 6.92 Å². The number of rotatable bonds is 4. The van der Waals surface area contributed by atoms with Crippen molar-refractivity contribution in [1.82, 2.24) is 15.1 Å². The predicted octanol–water partition coefficient (Wildman–Crippen LogP) is 2.82. The Labute approximate surface area is 100 Å². The van der Waals surface area contributed by atoms with Crippen LogP contribution in [0.15, 0.2) is 24.5 Å². The SMILES string of the molecule is CCC(NC)c1ccc(-c2cnn(C)c2)s1. The van der Waals surface area contributed by atoms with Crippen LogP contribution < -0.4 is 5.32 Å². The number of nitrogens with one attached hydrogen (secondary N) is 1. The molecule has 0 aromatic carbocycles. The van der Waals surface area contributed by atoms with E-state index < -0.39 is 0 Å². The van der Waals surface area contributed by atoms with E-state index in [1.165, 1.54) is 15.3 Å². The van der Waals surface area contributed by atoms with Gasteiger partial charge in [-0.3, -0.25) is 4.68 Å². The Bertz CT molecular complexity index is 454. The van der Waals surface area contributed by atoms with Gasteiger partial charge in [-0.2, -0.15) is 5.10 Å². The average molecular weight is 235 g/mol. The van der Waals surface area contributed by atoms with E-state index in [-0.39, 0.29) is 0 Å². The zero-order valence-electron chi connectivity index (χ0n) is 9.90. The lowest BCUT2D eigenvalue weighted by Crippen LogP contribution is -2.13. The van der Waals surface area contributed by atoms with E-state index in [4.69, 9.17) is 0 Å². The van der Waals surface area contributed by atoms with E-state index in [1.807, 2.05) is 36.3 Å². The molecule has 0 aliphatic heterocycles. The Morgan fingerprint density at radius 3 is 2.88 bits per heavy atom. The molecule has 0 saturated carbocycles. The Balaban J connectivity index is 2.25. The summed E-state index contributed by atoms with van der Waals surface area (Å²) in [7, 11) is 3.96. The zero-order chi connectivity index (χ0) is 11.5. The van der Waals surface area contributed by atoms with Crippen LogP contribution in [0.4, 0.5) is 0 Å². The summed E-state index contributed by atoms with van der Waals surface area (Å²) >= 11 is 1.84. The fourth-order valence-electron chi connectivity index (χ4n) is 1.79. The standard InChI is InChI=1S/C12H17N3S/c1-4-10(13-2)12-6-5-11(16-12)9-7-14-15(3)8-9/h5-8,10,13H,4H2,1-3H3. The molecule has 0 aliphatic carbocycles. The fourth-order valence-corrected chi connectivity index (χ4v) is 2.97. The molecule has 86 valence electrons. The molecule has 1 N–H and O–H groups in total. The van der Waals surface area contributed by atoms with Crippen molar-refractivity contribution in [2.45, 2.75) is 19.4 Å². The summed E-state index contributed by atoms with van der Waals surface area (Å²) in [4.78, 5) is 2.68. The van der Waals surface area contributed by atoms with Gasteiger partial charge in [0, 0.05) is 34.6 Å². The summed E-state index contributed by atoms with van der Waals surface area (Å²) in [6.07, 6.45) is 5.08. The summed E-state index contributed by atoms with van der Waals surface area (Å²) < 4.78 is 1.84. The molecule has 16 heavy (non-hydrogen) atoms. The quantitative estimate of drug-likeness (QED) is 0.883. The van der Waals surface area contributed by atoms with Crippen molar-refractivity contribution >= 4 is 11.3 Å². The second-order valence-electron chi connectivity index (χ2n) is 3.85.